The van der Waals surface area contributed by atoms with E-state index in [1.807, 2.05) is 19.1 Å². The van der Waals surface area contributed by atoms with Gasteiger partial charge >= 0.3 is 0 Å². The first-order valence-electron chi connectivity index (χ1n) is 8.85. The van der Waals surface area contributed by atoms with Crippen molar-refractivity contribution in [1.82, 2.24) is 24.6 Å². The second kappa shape index (κ2) is 6.23. The number of hydrogen-bond donors (Lipinski definition) is 0. The van der Waals surface area contributed by atoms with Crippen molar-refractivity contribution >= 4 is 44.1 Å². The summed E-state index contributed by atoms with van der Waals surface area (Å²) >= 11 is 3.67. The lowest BCUT2D eigenvalue weighted by Crippen LogP contribution is -2.20. The van der Waals surface area contributed by atoms with Gasteiger partial charge in [-0.05, 0) is 43.9 Å². The highest BCUT2D eigenvalue weighted by atomic mass is 79.9. The van der Waals surface area contributed by atoms with Gasteiger partial charge < -0.3 is 4.90 Å². The van der Waals surface area contributed by atoms with Crippen LogP contribution in [-0.2, 0) is 6.42 Å². The Morgan fingerprint density at radius 2 is 2.04 bits per heavy atom. The molecular formula is C19H16BrFN6. The average molecular weight is 427 g/mol. The summed E-state index contributed by atoms with van der Waals surface area (Å²) in [5, 5.41) is 8.72. The van der Waals surface area contributed by atoms with Crippen molar-refractivity contribution in [3.63, 3.8) is 0 Å². The van der Waals surface area contributed by atoms with Crippen molar-refractivity contribution in [2.45, 2.75) is 26.2 Å². The lowest BCUT2D eigenvalue weighted by Gasteiger charge is -2.26. The summed E-state index contributed by atoms with van der Waals surface area (Å²) in [5.41, 5.74) is 2.89. The Hall–Kier alpha value is -2.61. The van der Waals surface area contributed by atoms with Crippen LogP contribution in [0.3, 0.4) is 0 Å². The minimum Gasteiger partial charge on any atom is -0.325 e. The van der Waals surface area contributed by atoms with Gasteiger partial charge in [-0.15, -0.1) is 10.2 Å². The molecule has 0 saturated carbocycles. The van der Waals surface area contributed by atoms with E-state index in [0.29, 0.717) is 28.3 Å². The fourth-order valence-electron chi connectivity index (χ4n) is 3.83. The molecule has 4 heterocycles. The van der Waals surface area contributed by atoms with Gasteiger partial charge in [0.2, 0.25) is 0 Å². The maximum Gasteiger partial charge on any atom is 0.257 e. The third-order valence-electron chi connectivity index (χ3n) is 5.06. The van der Waals surface area contributed by atoms with Gasteiger partial charge in [0.15, 0.2) is 5.82 Å². The summed E-state index contributed by atoms with van der Waals surface area (Å²) in [6, 6.07) is 6.11. The Bertz CT molecular complexity index is 1190. The van der Waals surface area contributed by atoms with Crippen molar-refractivity contribution in [1.29, 1.82) is 0 Å². The minimum absolute atomic E-state index is 0.397. The highest BCUT2D eigenvalue weighted by Crippen LogP contribution is 2.39. The molecule has 0 radical (unpaired) electrons. The van der Waals surface area contributed by atoms with Crippen molar-refractivity contribution in [3.8, 4) is 0 Å². The Morgan fingerprint density at radius 3 is 2.93 bits per heavy atom. The van der Waals surface area contributed by atoms with Gasteiger partial charge in [0, 0.05) is 16.7 Å². The topological polar surface area (TPSA) is 59.2 Å². The highest BCUT2D eigenvalue weighted by molar-refractivity contribution is 9.10. The second-order valence-corrected chi connectivity index (χ2v) is 7.53. The van der Waals surface area contributed by atoms with Crippen molar-refractivity contribution in [2.24, 2.45) is 0 Å². The molecule has 0 fully saturated rings. The molecule has 0 atom stereocenters. The van der Waals surface area contributed by atoms with Crippen LogP contribution in [0.2, 0.25) is 0 Å². The molecule has 0 N–H and O–H groups in total. The zero-order valence-corrected chi connectivity index (χ0v) is 16.2. The summed E-state index contributed by atoms with van der Waals surface area (Å²) in [4.78, 5) is 10.9. The summed E-state index contributed by atoms with van der Waals surface area (Å²) in [5.74, 6) is 1.26. The van der Waals surface area contributed by atoms with E-state index in [4.69, 9.17) is 4.98 Å². The van der Waals surface area contributed by atoms with Crippen LogP contribution in [-0.4, -0.2) is 31.1 Å². The van der Waals surface area contributed by atoms with Gasteiger partial charge in [-0.2, -0.15) is 4.98 Å². The zero-order valence-electron chi connectivity index (χ0n) is 14.7. The highest BCUT2D eigenvalue weighted by Gasteiger charge is 2.24. The van der Waals surface area contributed by atoms with E-state index in [1.54, 1.807) is 10.6 Å². The standard InChI is InChI=1S/C19H16BrFN6/c1-11-24-25-19-23-18(17-14(21)9-22-10-16(17)27(11)19)26-8-3-2-5-12-13(20)6-4-7-15(12)26/h4,6-7,9-10H,2-3,5,8H2,1H3. The quantitative estimate of drug-likeness (QED) is 0.452. The van der Waals surface area contributed by atoms with E-state index in [9.17, 15) is 4.39 Å². The van der Waals surface area contributed by atoms with Gasteiger partial charge in [-0.25, -0.2) is 4.39 Å². The first kappa shape index (κ1) is 16.6. The number of halogens is 2. The van der Waals surface area contributed by atoms with E-state index in [-0.39, 0.29) is 0 Å². The van der Waals surface area contributed by atoms with Crippen LogP contribution in [0.1, 0.15) is 24.2 Å². The van der Waals surface area contributed by atoms with Crippen molar-refractivity contribution in [3.05, 3.63) is 52.3 Å². The Morgan fingerprint density at radius 1 is 1.15 bits per heavy atom. The predicted octanol–water partition coefficient (Wildman–Crippen LogP) is 4.36. The molecule has 0 amide bonds. The number of fused-ring (bicyclic) bond motifs is 4. The Kier molecular flexibility index (Phi) is 3.82. The molecule has 0 saturated heterocycles. The molecule has 1 aliphatic heterocycles. The van der Waals surface area contributed by atoms with Crippen LogP contribution in [0.25, 0.3) is 16.7 Å². The van der Waals surface area contributed by atoms with Gasteiger partial charge in [0.05, 0.1) is 23.3 Å². The second-order valence-electron chi connectivity index (χ2n) is 6.68. The smallest absolute Gasteiger partial charge is 0.257 e. The van der Waals surface area contributed by atoms with Crippen LogP contribution in [0.4, 0.5) is 15.9 Å². The van der Waals surface area contributed by atoms with Gasteiger partial charge in [-0.1, -0.05) is 22.0 Å². The summed E-state index contributed by atoms with van der Waals surface area (Å²) in [6.07, 6.45) is 5.92. The zero-order chi connectivity index (χ0) is 18.5. The molecule has 136 valence electrons. The van der Waals surface area contributed by atoms with Crippen LogP contribution in [0.5, 0.6) is 0 Å². The fraction of sp³-hybridized carbons (Fsp3) is 0.263. The monoisotopic (exact) mass is 426 g/mol. The third kappa shape index (κ3) is 2.50. The molecule has 0 aliphatic carbocycles. The Labute approximate surface area is 163 Å². The number of hydrogen-bond acceptors (Lipinski definition) is 5. The first-order chi connectivity index (χ1) is 13.1. The van der Waals surface area contributed by atoms with E-state index in [0.717, 1.165) is 36.0 Å². The molecule has 5 rings (SSSR count). The molecule has 0 bridgehead atoms. The lowest BCUT2D eigenvalue weighted by molar-refractivity contribution is 0.632. The molecular weight excluding hydrogens is 411 g/mol. The van der Waals surface area contributed by atoms with E-state index in [1.165, 1.54) is 11.8 Å². The van der Waals surface area contributed by atoms with Gasteiger partial charge in [0.1, 0.15) is 11.6 Å². The molecule has 3 aromatic heterocycles. The maximum absolute atomic E-state index is 14.9. The number of aryl methyl sites for hydroxylation is 1. The number of benzene rings is 1. The molecule has 8 heteroatoms. The van der Waals surface area contributed by atoms with Crippen molar-refractivity contribution < 1.29 is 4.39 Å². The van der Waals surface area contributed by atoms with E-state index in [2.05, 4.69) is 42.1 Å². The summed E-state index contributed by atoms with van der Waals surface area (Å²) in [6.45, 7) is 2.58. The third-order valence-corrected chi connectivity index (χ3v) is 5.80. The van der Waals surface area contributed by atoms with Gasteiger partial charge in [0.25, 0.3) is 5.78 Å². The number of anilines is 2. The molecule has 6 nitrogen and oxygen atoms in total. The largest absolute Gasteiger partial charge is 0.325 e. The van der Waals surface area contributed by atoms with E-state index < -0.39 is 5.82 Å². The van der Waals surface area contributed by atoms with E-state index >= 15 is 0 Å². The number of rotatable bonds is 1. The fourth-order valence-corrected chi connectivity index (χ4v) is 4.38. The molecule has 1 aliphatic rings. The molecule has 0 unspecified atom stereocenters. The first-order valence-corrected chi connectivity index (χ1v) is 9.64. The molecule has 1 aromatic carbocycles. The normalized spacial score (nSPS) is 14.6. The van der Waals surface area contributed by atoms with Crippen LogP contribution < -0.4 is 4.90 Å². The maximum atomic E-state index is 14.9. The molecule has 4 aromatic rings. The predicted molar refractivity (Wildman–Crippen MR) is 105 cm³/mol. The molecule has 27 heavy (non-hydrogen) atoms. The summed E-state index contributed by atoms with van der Waals surface area (Å²) < 4.78 is 17.7. The number of aromatic nitrogens is 5. The Balaban J connectivity index is 1.87. The average Bonchev–Trinajstić information content (AvgIpc) is 2.90. The van der Waals surface area contributed by atoms with Crippen LogP contribution >= 0.6 is 15.9 Å². The molecule has 0 spiro atoms. The minimum atomic E-state index is -0.397. The van der Waals surface area contributed by atoms with Crippen LogP contribution in [0.15, 0.2) is 35.1 Å². The van der Waals surface area contributed by atoms with Gasteiger partial charge in [-0.3, -0.25) is 9.38 Å². The number of pyridine rings is 1. The SMILES string of the molecule is Cc1nnc2nc(N3CCCCc4c(Br)cccc43)c3c(F)cncc3n12. The lowest BCUT2D eigenvalue weighted by atomic mass is 10.1. The summed E-state index contributed by atoms with van der Waals surface area (Å²) in [7, 11) is 0. The van der Waals surface area contributed by atoms with Crippen LogP contribution in [0, 0.1) is 12.7 Å². The van der Waals surface area contributed by atoms with Crippen molar-refractivity contribution in [2.75, 3.05) is 11.4 Å². The number of nitrogens with zero attached hydrogens (tertiary/aromatic N) is 6.